The maximum absolute atomic E-state index is 5.69. The Kier molecular flexibility index (Phi) is 7.72. The SMILES string of the molecule is CCC(C)CSCC(C)CCl. The Morgan fingerprint density at radius 2 is 1.73 bits per heavy atom. The standard InChI is InChI=1S/C9H19ClS/c1-4-8(2)6-11-7-9(3)5-10/h8-9H,4-7H2,1-3H3. The lowest BCUT2D eigenvalue weighted by molar-refractivity contribution is 0.635. The van der Waals surface area contributed by atoms with E-state index in [1.807, 2.05) is 11.8 Å². The highest BCUT2D eigenvalue weighted by Gasteiger charge is 2.02. The number of hydrogen-bond acceptors (Lipinski definition) is 1. The second kappa shape index (κ2) is 7.30. The fraction of sp³-hybridized carbons (Fsp3) is 1.00. The van der Waals surface area contributed by atoms with Gasteiger partial charge in [0.25, 0.3) is 0 Å². The molecule has 0 nitrogen and oxygen atoms in total. The molecule has 0 aliphatic carbocycles. The van der Waals surface area contributed by atoms with Gasteiger partial charge in [0.2, 0.25) is 0 Å². The molecule has 0 fully saturated rings. The Bertz CT molecular complexity index is 75.6. The van der Waals surface area contributed by atoms with Gasteiger partial charge in [0.15, 0.2) is 0 Å². The third kappa shape index (κ3) is 7.02. The van der Waals surface area contributed by atoms with Crippen LogP contribution in [0.25, 0.3) is 0 Å². The molecule has 0 N–H and O–H groups in total. The predicted molar refractivity (Wildman–Crippen MR) is 56.7 cm³/mol. The quantitative estimate of drug-likeness (QED) is 0.582. The maximum atomic E-state index is 5.69. The Morgan fingerprint density at radius 3 is 2.18 bits per heavy atom. The Hall–Kier alpha value is 0.640. The molecule has 0 spiro atoms. The molecule has 0 radical (unpaired) electrons. The smallest absolute Gasteiger partial charge is 0.0257 e. The van der Waals surface area contributed by atoms with Gasteiger partial charge in [0.1, 0.15) is 0 Å². The maximum Gasteiger partial charge on any atom is 0.0257 e. The van der Waals surface area contributed by atoms with Crippen molar-refractivity contribution in [2.24, 2.45) is 11.8 Å². The lowest BCUT2D eigenvalue weighted by Gasteiger charge is -2.10. The number of halogens is 1. The fourth-order valence-electron chi connectivity index (χ4n) is 0.633. The molecular weight excluding hydrogens is 176 g/mol. The zero-order valence-corrected chi connectivity index (χ0v) is 9.34. The average Bonchev–Trinajstić information content (AvgIpc) is 2.04. The van der Waals surface area contributed by atoms with Gasteiger partial charge in [-0.2, -0.15) is 11.8 Å². The van der Waals surface area contributed by atoms with Crippen LogP contribution in [-0.4, -0.2) is 17.4 Å². The highest BCUT2D eigenvalue weighted by molar-refractivity contribution is 7.99. The van der Waals surface area contributed by atoms with Crippen LogP contribution in [0, 0.1) is 11.8 Å². The molecule has 0 bridgehead atoms. The highest BCUT2D eigenvalue weighted by Crippen LogP contribution is 2.15. The van der Waals surface area contributed by atoms with Crippen molar-refractivity contribution in [3.8, 4) is 0 Å². The summed E-state index contributed by atoms with van der Waals surface area (Å²) in [6.07, 6.45) is 1.29. The summed E-state index contributed by atoms with van der Waals surface area (Å²) in [7, 11) is 0. The molecule has 2 atom stereocenters. The molecule has 0 saturated heterocycles. The van der Waals surface area contributed by atoms with Crippen LogP contribution >= 0.6 is 23.4 Å². The number of thioether (sulfide) groups is 1. The van der Waals surface area contributed by atoms with Gasteiger partial charge in [-0.15, -0.1) is 11.6 Å². The molecule has 2 heteroatoms. The summed E-state index contributed by atoms with van der Waals surface area (Å²) >= 11 is 7.72. The molecule has 0 saturated carbocycles. The van der Waals surface area contributed by atoms with Crippen molar-refractivity contribution in [3.63, 3.8) is 0 Å². The van der Waals surface area contributed by atoms with Gasteiger partial charge < -0.3 is 0 Å². The number of alkyl halides is 1. The Labute approximate surface area is 80.1 Å². The minimum absolute atomic E-state index is 0.672. The lowest BCUT2D eigenvalue weighted by atomic mass is 10.2. The first-order chi connectivity index (χ1) is 5.20. The van der Waals surface area contributed by atoms with Crippen molar-refractivity contribution in [1.82, 2.24) is 0 Å². The van der Waals surface area contributed by atoms with Gasteiger partial charge in [-0.25, -0.2) is 0 Å². The topological polar surface area (TPSA) is 0 Å². The molecule has 11 heavy (non-hydrogen) atoms. The number of rotatable bonds is 6. The van der Waals surface area contributed by atoms with Crippen LogP contribution < -0.4 is 0 Å². The molecule has 2 unspecified atom stereocenters. The summed E-state index contributed by atoms with van der Waals surface area (Å²) < 4.78 is 0. The van der Waals surface area contributed by atoms with Crippen molar-refractivity contribution in [2.75, 3.05) is 17.4 Å². The summed E-state index contributed by atoms with van der Waals surface area (Å²) in [5.41, 5.74) is 0. The zero-order valence-electron chi connectivity index (χ0n) is 7.77. The van der Waals surface area contributed by atoms with Gasteiger partial charge in [0.05, 0.1) is 0 Å². The molecule has 68 valence electrons. The molecule has 0 rings (SSSR count). The summed E-state index contributed by atoms with van der Waals surface area (Å²) in [5, 5.41) is 0. The highest BCUT2D eigenvalue weighted by atomic mass is 35.5. The van der Waals surface area contributed by atoms with Gasteiger partial charge in [0, 0.05) is 5.88 Å². The van der Waals surface area contributed by atoms with E-state index < -0.39 is 0 Å². The van der Waals surface area contributed by atoms with Gasteiger partial charge in [-0.1, -0.05) is 27.2 Å². The van der Waals surface area contributed by atoms with Crippen LogP contribution in [0.1, 0.15) is 27.2 Å². The molecule has 0 amide bonds. The van der Waals surface area contributed by atoms with Crippen LogP contribution in [0.5, 0.6) is 0 Å². The second-order valence-corrected chi connectivity index (χ2v) is 4.69. The van der Waals surface area contributed by atoms with E-state index in [1.165, 1.54) is 17.9 Å². The van der Waals surface area contributed by atoms with E-state index in [0.29, 0.717) is 5.92 Å². The van der Waals surface area contributed by atoms with E-state index in [4.69, 9.17) is 11.6 Å². The molecular formula is C9H19ClS. The van der Waals surface area contributed by atoms with E-state index in [1.54, 1.807) is 0 Å². The molecule has 0 aromatic carbocycles. The van der Waals surface area contributed by atoms with Crippen molar-refractivity contribution in [1.29, 1.82) is 0 Å². The third-order valence-corrected chi connectivity index (χ3v) is 3.90. The number of hydrogen-bond donors (Lipinski definition) is 0. The summed E-state index contributed by atoms with van der Waals surface area (Å²) in [4.78, 5) is 0. The molecule has 0 aromatic rings. The predicted octanol–water partition coefficient (Wildman–Crippen LogP) is 3.64. The Morgan fingerprint density at radius 1 is 1.18 bits per heavy atom. The Balaban J connectivity index is 3.13. The first-order valence-corrected chi connectivity index (χ1v) is 6.03. The first-order valence-electron chi connectivity index (χ1n) is 4.34. The van der Waals surface area contributed by atoms with Crippen molar-refractivity contribution in [2.45, 2.75) is 27.2 Å². The second-order valence-electron chi connectivity index (χ2n) is 3.31. The average molecular weight is 195 g/mol. The zero-order chi connectivity index (χ0) is 8.69. The van der Waals surface area contributed by atoms with Crippen molar-refractivity contribution >= 4 is 23.4 Å². The molecule has 0 aliphatic rings. The molecule has 0 aromatic heterocycles. The van der Waals surface area contributed by atoms with Crippen LogP contribution in [0.15, 0.2) is 0 Å². The van der Waals surface area contributed by atoms with Crippen LogP contribution in [0.3, 0.4) is 0 Å². The van der Waals surface area contributed by atoms with E-state index in [0.717, 1.165) is 11.8 Å². The van der Waals surface area contributed by atoms with E-state index >= 15 is 0 Å². The minimum atomic E-state index is 0.672. The van der Waals surface area contributed by atoms with Crippen LogP contribution in [-0.2, 0) is 0 Å². The van der Waals surface area contributed by atoms with Crippen molar-refractivity contribution < 1.29 is 0 Å². The van der Waals surface area contributed by atoms with E-state index in [2.05, 4.69) is 20.8 Å². The van der Waals surface area contributed by atoms with Gasteiger partial charge >= 0.3 is 0 Å². The summed E-state index contributed by atoms with van der Waals surface area (Å²) in [6.45, 7) is 6.76. The monoisotopic (exact) mass is 194 g/mol. The lowest BCUT2D eigenvalue weighted by Crippen LogP contribution is -2.03. The first kappa shape index (κ1) is 11.6. The summed E-state index contributed by atoms with van der Waals surface area (Å²) in [6, 6.07) is 0. The molecule has 0 heterocycles. The van der Waals surface area contributed by atoms with Crippen LogP contribution in [0.4, 0.5) is 0 Å². The van der Waals surface area contributed by atoms with Gasteiger partial charge in [-0.05, 0) is 23.3 Å². The minimum Gasteiger partial charge on any atom is -0.161 e. The molecule has 0 aliphatic heterocycles. The third-order valence-electron chi connectivity index (χ3n) is 1.77. The fourth-order valence-corrected chi connectivity index (χ4v) is 2.17. The normalized spacial score (nSPS) is 16.4. The van der Waals surface area contributed by atoms with Crippen LogP contribution in [0.2, 0.25) is 0 Å². The van der Waals surface area contributed by atoms with E-state index in [-0.39, 0.29) is 0 Å². The summed E-state index contributed by atoms with van der Waals surface area (Å²) in [5.74, 6) is 4.84. The van der Waals surface area contributed by atoms with Crippen molar-refractivity contribution in [3.05, 3.63) is 0 Å². The van der Waals surface area contributed by atoms with Gasteiger partial charge in [-0.3, -0.25) is 0 Å². The van der Waals surface area contributed by atoms with E-state index in [9.17, 15) is 0 Å². The largest absolute Gasteiger partial charge is 0.161 e.